The highest BCUT2D eigenvalue weighted by molar-refractivity contribution is 5.68. The highest BCUT2D eigenvalue weighted by Crippen LogP contribution is 2.20. The summed E-state index contributed by atoms with van der Waals surface area (Å²) in [6.07, 6.45) is 3.20. The lowest BCUT2D eigenvalue weighted by atomic mass is 10.1. The van der Waals surface area contributed by atoms with Crippen molar-refractivity contribution in [3.63, 3.8) is 0 Å². The van der Waals surface area contributed by atoms with E-state index >= 15 is 0 Å². The van der Waals surface area contributed by atoms with E-state index < -0.39 is 5.60 Å². The molecule has 1 atom stereocenters. The molecule has 2 fully saturated rings. The van der Waals surface area contributed by atoms with Gasteiger partial charge in [-0.3, -0.25) is 4.90 Å². The normalized spacial score (nSPS) is 24.9. The number of hydrogen-bond donors (Lipinski definition) is 0. The maximum Gasteiger partial charge on any atom is 0.410 e. The zero-order valence-corrected chi connectivity index (χ0v) is 16.4. The molecule has 5 heteroatoms. The van der Waals surface area contributed by atoms with Gasteiger partial charge in [0.25, 0.3) is 0 Å². The predicted octanol–water partition coefficient (Wildman–Crippen LogP) is 3.05. The number of ether oxygens (including phenoxy) is 1. The van der Waals surface area contributed by atoms with Gasteiger partial charge < -0.3 is 14.5 Å². The van der Waals surface area contributed by atoms with Gasteiger partial charge in [0.15, 0.2) is 0 Å². The number of nitrogens with zero attached hydrogens (tertiary/aromatic N) is 3. The van der Waals surface area contributed by atoms with Gasteiger partial charge in [0.1, 0.15) is 5.60 Å². The van der Waals surface area contributed by atoms with Crippen LogP contribution in [0.2, 0.25) is 0 Å². The van der Waals surface area contributed by atoms with Crippen molar-refractivity contribution >= 4 is 6.09 Å². The van der Waals surface area contributed by atoms with Gasteiger partial charge in [-0.15, -0.1) is 0 Å². The fourth-order valence-corrected chi connectivity index (χ4v) is 3.78. The van der Waals surface area contributed by atoms with Crippen LogP contribution in [0.5, 0.6) is 0 Å². The van der Waals surface area contributed by atoms with Gasteiger partial charge in [-0.2, -0.15) is 0 Å². The largest absolute Gasteiger partial charge is 0.444 e. The number of carbonyl (C=O) groups excluding carboxylic acids is 1. The monoisotopic (exact) mass is 339 g/mol. The van der Waals surface area contributed by atoms with Crippen LogP contribution in [0.15, 0.2) is 0 Å². The quantitative estimate of drug-likeness (QED) is 0.792. The summed E-state index contributed by atoms with van der Waals surface area (Å²) in [7, 11) is 0. The fourth-order valence-electron chi connectivity index (χ4n) is 3.78. The Morgan fingerprint density at radius 3 is 2.29 bits per heavy atom. The van der Waals surface area contributed by atoms with Gasteiger partial charge in [-0.1, -0.05) is 13.8 Å². The first-order valence-corrected chi connectivity index (χ1v) is 9.69. The molecule has 2 aliphatic rings. The van der Waals surface area contributed by atoms with Gasteiger partial charge in [0.2, 0.25) is 0 Å². The second-order valence-corrected chi connectivity index (χ2v) is 8.78. The molecular formula is C19H37N3O2. The second kappa shape index (κ2) is 8.52. The molecule has 2 rings (SSSR count). The van der Waals surface area contributed by atoms with Crippen LogP contribution in [0.1, 0.15) is 53.9 Å². The Morgan fingerprint density at radius 2 is 1.71 bits per heavy atom. The first-order valence-electron chi connectivity index (χ1n) is 9.69. The fraction of sp³-hybridized carbons (Fsp3) is 0.947. The second-order valence-electron chi connectivity index (χ2n) is 8.78. The Morgan fingerprint density at radius 1 is 1.04 bits per heavy atom. The van der Waals surface area contributed by atoms with Crippen LogP contribution in [-0.4, -0.2) is 78.2 Å². The van der Waals surface area contributed by atoms with E-state index in [1.807, 2.05) is 25.7 Å². The molecule has 0 saturated carbocycles. The van der Waals surface area contributed by atoms with E-state index in [0.29, 0.717) is 6.04 Å². The zero-order valence-electron chi connectivity index (χ0n) is 16.4. The Kier molecular flexibility index (Phi) is 6.93. The number of amides is 1. The minimum atomic E-state index is -0.407. The summed E-state index contributed by atoms with van der Waals surface area (Å²) in [4.78, 5) is 19.4. The maximum atomic E-state index is 12.3. The molecule has 2 aliphatic heterocycles. The molecule has 0 radical (unpaired) electrons. The van der Waals surface area contributed by atoms with E-state index in [-0.39, 0.29) is 6.09 Å². The van der Waals surface area contributed by atoms with Crippen LogP contribution in [0.4, 0.5) is 4.79 Å². The molecule has 1 unspecified atom stereocenters. The van der Waals surface area contributed by atoms with Crippen LogP contribution < -0.4 is 0 Å². The topological polar surface area (TPSA) is 36.0 Å². The molecule has 24 heavy (non-hydrogen) atoms. The van der Waals surface area contributed by atoms with Crippen molar-refractivity contribution in [1.82, 2.24) is 14.7 Å². The molecule has 140 valence electrons. The third kappa shape index (κ3) is 6.25. The number of piperazine rings is 1. The van der Waals surface area contributed by atoms with Gasteiger partial charge in [-0.25, -0.2) is 4.79 Å². The smallest absolute Gasteiger partial charge is 0.410 e. The van der Waals surface area contributed by atoms with E-state index in [2.05, 4.69) is 23.6 Å². The molecule has 0 aliphatic carbocycles. The summed E-state index contributed by atoms with van der Waals surface area (Å²) in [5, 5.41) is 0. The van der Waals surface area contributed by atoms with E-state index in [4.69, 9.17) is 4.74 Å². The Bertz CT molecular complexity index is 398. The van der Waals surface area contributed by atoms with Crippen molar-refractivity contribution in [1.29, 1.82) is 0 Å². The lowest BCUT2D eigenvalue weighted by Gasteiger charge is -2.39. The molecule has 1 amide bonds. The molecule has 5 nitrogen and oxygen atoms in total. The third-order valence-corrected chi connectivity index (χ3v) is 4.90. The lowest BCUT2D eigenvalue weighted by Crippen LogP contribution is -2.51. The molecule has 0 spiro atoms. The van der Waals surface area contributed by atoms with Crippen LogP contribution in [0.3, 0.4) is 0 Å². The van der Waals surface area contributed by atoms with Crippen molar-refractivity contribution in [2.45, 2.75) is 65.5 Å². The SMILES string of the molecule is CC(C)CN1CCN(C2CCCN(C(=O)OC(C)(C)C)CC2)CC1. The Labute approximate surface area is 148 Å². The Balaban J connectivity index is 1.78. The highest BCUT2D eigenvalue weighted by Gasteiger charge is 2.29. The summed E-state index contributed by atoms with van der Waals surface area (Å²) in [6.45, 7) is 18.0. The number of likely N-dealkylation sites (tertiary alicyclic amines) is 1. The van der Waals surface area contributed by atoms with Gasteiger partial charge in [0, 0.05) is 51.9 Å². The Hall–Kier alpha value is -0.810. The van der Waals surface area contributed by atoms with E-state index in [9.17, 15) is 4.79 Å². The summed E-state index contributed by atoms with van der Waals surface area (Å²) in [6, 6.07) is 0.624. The van der Waals surface area contributed by atoms with Crippen LogP contribution in [0.25, 0.3) is 0 Å². The van der Waals surface area contributed by atoms with Gasteiger partial charge >= 0.3 is 6.09 Å². The standard InChI is InChI=1S/C19H37N3O2/c1-16(2)15-20-11-13-21(14-12-20)17-7-6-9-22(10-8-17)18(23)24-19(3,4)5/h16-17H,6-15H2,1-5H3. The van der Waals surface area contributed by atoms with Gasteiger partial charge in [0.05, 0.1) is 0 Å². The summed E-state index contributed by atoms with van der Waals surface area (Å²) in [5.74, 6) is 0.747. The summed E-state index contributed by atoms with van der Waals surface area (Å²) < 4.78 is 5.53. The molecule has 2 heterocycles. The molecule has 0 aromatic carbocycles. The van der Waals surface area contributed by atoms with Crippen LogP contribution in [0, 0.1) is 5.92 Å². The number of carbonyl (C=O) groups is 1. The number of rotatable bonds is 3. The van der Waals surface area contributed by atoms with Crippen molar-refractivity contribution in [3.8, 4) is 0 Å². The average Bonchev–Trinajstić information content (AvgIpc) is 2.71. The minimum absolute atomic E-state index is 0.148. The van der Waals surface area contributed by atoms with Crippen molar-refractivity contribution < 1.29 is 9.53 Å². The molecule has 0 N–H and O–H groups in total. The molecule has 0 aromatic heterocycles. The van der Waals surface area contributed by atoms with Crippen molar-refractivity contribution in [2.24, 2.45) is 5.92 Å². The predicted molar refractivity (Wildman–Crippen MR) is 98.3 cm³/mol. The first kappa shape index (κ1) is 19.5. The highest BCUT2D eigenvalue weighted by atomic mass is 16.6. The van der Waals surface area contributed by atoms with Gasteiger partial charge in [-0.05, 0) is 46.0 Å². The zero-order chi connectivity index (χ0) is 17.7. The lowest BCUT2D eigenvalue weighted by molar-refractivity contribution is 0.0249. The van der Waals surface area contributed by atoms with E-state index in [1.54, 1.807) is 0 Å². The molecule has 0 bridgehead atoms. The van der Waals surface area contributed by atoms with E-state index in [0.717, 1.165) is 31.8 Å². The van der Waals surface area contributed by atoms with Crippen molar-refractivity contribution in [2.75, 3.05) is 45.8 Å². The maximum absolute atomic E-state index is 12.3. The third-order valence-electron chi connectivity index (χ3n) is 4.90. The molecular weight excluding hydrogens is 302 g/mol. The van der Waals surface area contributed by atoms with Crippen LogP contribution in [-0.2, 0) is 4.74 Å². The average molecular weight is 340 g/mol. The van der Waals surface area contributed by atoms with Crippen LogP contribution >= 0.6 is 0 Å². The number of hydrogen-bond acceptors (Lipinski definition) is 4. The first-order chi connectivity index (χ1) is 11.2. The summed E-state index contributed by atoms with van der Waals surface area (Å²) in [5.41, 5.74) is -0.407. The van der Waals surface area contributed by atoms with E-state index in [1.165, 1.54) is 39.1 Å². The summed E-state index contributed by atoms with van der Waals surface area (Å²) >= 11 is 0. The minimum Gasteiger partial charge on any atom is -0.444 e. The molecule has 0 aromatic rings. The molecule has 2 saturated heterocycles. The van der Waals surface area contributed by atoms with Crippen molar-refractivity contribution in [3.05, 3.63) is 0 Å².